The molecule has 2 atom stereocenters. The summed E-state index contributed by atoms with van der Waals surface area (Å²) in [5.41, 5.74) is 7.02. The first kappa shape index (κ1) is 22.3. The van der Waals surface area contributed by atoms with E-state index in [1.54, 1.807) is 19.3 Å². The number of nitrogens with two attached hydrogens (primary N) is 1. The maximum atomic E-state index is 14.7. The number of carbonyl (C=O) groups is 2. The second kappa shape index (κ2) is 9.15. The second-order valence-corrected chi connectivity index (χ2v) is 8.14. The highest BCUT2D eigenvalue weighted by Gasteiger charge is 2.26. The molecule has 6 N–H and O–H groups in total. The average Bonchev–Trinajstić information content (AvgIpc) is 3.52. The molecule has 2 aromatic heterocycles. The summed E-state index contributed by atoms with van der Waals surface area (Å²) in [6.07, 6.45) is 4.43. The Balaban J connectivity index is 1.92. The van der Waals surface area contributed by atoms with Crippen LogP contribution in [0.15, 0.2) is 24.5 Å². The fraction of sp³-hybridized carbons (Fsp3) is 0.429. The molecule has 1 saturated carbocycles. The lowest BCUT2D eigenvalue weighted by atomic mass is 9.97. The first-order chi connectivity index (χ1) is 14.7. The predicted octanol–water partition coefficient (Wildman–Crippen LogP) is 3.43. The van der Waals surface area contributed by atoms with E-state index in [4.69, 9.17) is 10.8 Å². The third-order valence-electron chi connectivity index (χ3n) is 5.22. The normalized spacial score (nSPS) is 15.3. The summed E-state index contributed by atoms with van der Waals surface area (Å²) < 4.78 is 14.7. The fourth-order valence-corrected chi connectivity index (χ4v) is 3.49. The molecule has 10 heteroatoms. The quantitative estimate of drug-likeness (QED) is 0.410. The van der Waals surface area contributed by atoms with Crippen LogP contribution >= 0.6 is 0 Å². The lowest BCUT2D eigenvalue weighted by Crippen LogP contribution is -2.47. The van der Waals surface area contributed by atoms with E-state index >= 15 is 0 Å². The zero-order valence-corrected chi connectivity index (χ0v) is 17.6. The second-order valence-electron chi connectivity index (χ2n) is 8.14. The molecule has 2 aromatic rings. The van der Waals surface area contributed by atoms with Gasteiger partial charge in [0.1, 0.15) is 5.82 Å². The Morgan fingerprint density at radius 1 is 1.19 bits per heavy atom. The smallest absolute Gasteiger partial charge is 0.404 e. The van der Waals surface area contributed by atoms with Crippen molar-refractivity contribution in [2.75, 3.05) is 10.6 Å². The molecular formula is C21H27FN6O3. The van der Waals surface area contributed by atoms with E-state index in [2.05, 4.69) is 25.9 Å². The minimum absolute atomic E-state index is 0.0466. The third kappa shape index (κ3) is 5.59. The number of hydrogen-bond acceptors (Lipinski definition) is 6. The van der Waals surface area contributed by atoms with Gasteiger partial charge in [0.05, 0.1) is 17.4 Å². The van der Waals surface area contributed by atoms with E-state index in [0.717, 1.165) is 24.5 Å². The summed E-state index contributed by atoms with van der Waals surface area (Å²) >= 11 is 0. The zero-order chi connectivity index (χ0) is 22.7. The molecule has 0 radical (unpaired) electrons. The molecule has 2 amide bonds. The van der Waals surface area contributed by atoms with Crippen LogP contribution in [0.4, 0.5) is 26.5 Å². The van der Waals surface area contributed by atoms with Crippen molar-refractivity contribution >= 4 is 29.3 Å². The molecular weight excluding hydrogens is 403 g/mol. The Hall–Kier alpha value is -3.43. The highest BCUT2D eigenvalue weighted by Crippen LogP contribution is 2.40. The molecule has 31 heavy (non-hydrogen) atoms. The highest BCUT2D eigenvalue weighted by atomic mass is 19.1. The maximum absolute atomic E-state index is 14.7. The number of hydrogen-bond donors (Lipinski definition) is 5. The number of halogens is 1. The lowest BCUT2D eigenvalue weighted by Gasteiger charge is -2.29. The van der Waals surface area contributed by atoms with E-state index in [9.17, 15) is 14.0 Å². The molecule has 0 bridgehead atoms. The third-order valence-corrected chi connectivity index (χ3v) is 5.22. The van der Waals surface area contributed by atoms with Crippen LogP contribution in [0.5, 0.6) is 0 Å². The first-order valence-electron chi connectivity index (χ1n) is 10.1. The summed E-state index contributed by atoms with van der Waals surface area (Å²) in [6, 6.07) is 1.96. The molecule has 0 unspecified atom stereocenters. The molecule has 2 heterocycles. The number of amides is 2. The van der Waals surface area contributed by atoms with Gasteiger partial charge in [0.2, 0.25) is 0 Å². The minimum atomic E-state index is -1.18. The van der Waals surface area contributed by atoms with E-state index < -0.39 is 29.9 Å². The SMILES string of the molecule is CC(C)[C@@H](Nc1nc(Nc2cncc(C3CC3)c2)c(C(N)=O)cc1F)[C@H](C)NC(=O)O. The van der Waals surface area contributed by atoms with Gasteiger partial charge in [-0.1, -0.05) is 13.8 Å². The van der Waals surface area contributed by atoms with Crippen LogP contribution in [0.3, 0.4) is 0 Å². The zero-order valence-electron chi connectivity index (χ0n) is 17.6. The van der Waals surface area contributed by atoms with Crippen LogP contribution in [0.25, 0.3) is 0 Å². The van der Waals surface area contributed by atoms with Crippen molar-refractivity contribution in [2.24, 2.45) is 11.7 Å². The van der Waals surface area contributed by atoms with E-state index in [1.165, 1.54) is 0 Å². The van der Waals surface area contributed by atoms with Crippen molar-refractivity contribution in [3.05, 3.63) is 41.5 Å². The average molecular weight is 430 g/mol. The Morgan fingerprint density at radius 2 is 1.90 bits per heavy atom. The van der Waals surface area contributed by atoms with Gasteiger partial charge in [-0.2, -0.15) is 0 Å². The van der Waals surface area contributed by atoms with Crippen molar-refractivity contribution in [3.63, 3.8) is 0 Å². The molecule has 0 aliphatic heterocycles. The maximum Gasteiger partial charge on any atom is 0.404 e. The van der Waals surface area contributed by atoms with Crippen LogP contribution in [-0.4, -0.2) is 39.2 Å². The van der Waals surface area contributed by atoms with Crippen LogP contribution < -0.4 is 21.7 Å². The molecule has 3 rings (SSSR count). The molecule has 1 aliphatic carbocycles. The van der Waals surface area contributed by atoms with E-state index in [0.29, 0.717) is 11.6 Å². The number of rotatable bonds is 9. The summed E-state index contributed by atoms with van der Waals surface area (Å²) in [4.78, 5) is 31.4. The fourth-order valence-electron chi connectivity index (χ4n) is 3.49. The Labute approximate surface area is 179 Å². The molecule has 0 saturated heterocycles. The minimum Gasteiger partial charge on any atom is -0.465 e. The number of pyridine rings is 2. The van der Waals surface area contributed by atoms with Gasteiger partial charge in [-0.05, 0) is 49.3 Å². The predicted molar refractivity (Wildman–Crippen MR) is 115 cm³/mol. The molecule has 0 aromatic carbocycles. The Bertz CT molecular complexity index is 980. The molecule has 166 valence electrons. The molecule has 1 aliphatic rings. The van der Waals surface area contributed by atoms with Gasteiger partial charge in [0.15, 0.2) is 11.6 Å². The van der Waals surface area contributed by atoms with Crippen molar-refractivity contribution in [2.45, 2.75) is 51.6 Å². The van der Waals surface area contributed by atoms with Crippen LogP contribution in [-0.2, 0) is 0 Å². The Kier molecular flexibility index (Phi) is 6.57. The molecule has 9 nitrogen and oxygen atoms in total. The topological polar surface area (TPSA) is 142 Å². The van der Waals surface area contributed by atoms with E-state index in [1.807, 2.05) is 19.9 Å². The van der Waals surface area contributed by atoms with Crippen molar-refractivity contribution < 1.29 is 19.1 Å². The molecule has 0 spiro atoms. The van der Waals surface area contributed by atoms with Gasteiger partial charge in [-0.3, -0.25) is 9.78 Å². The number of primary amides is 1. The van der Waals surface area contributed by atoms with Gasteiger partial charge < -0.3 is 26.8 Å². The van der Waals surface area contributed by atoms with Crippen molar-refractivity contribution in [1.29, 1.82) is 0 Å². The summed E-state index contributed by atoms with van der Waals surface area (Å²) in [6.45, 7) is 5.43. The van der Waals surface area contributed by atoms with Gasteiger partial charge in [0, 0.05) is 18.3 Å². The number of carboxylic acid groups (broad SMARTS) is 1. The van der Waals surface area contributed by atoms with Crippen molar-refractivity contribution in [3.8, 4) is 0 Å². The van der Waals surface area contributed by atoms with Gasteiger partial charge in [-0.25, -0.2) is 14.2 Å². The van der Waals surface area contributed by atoms with Gasteiger partial charge >= 0.3 is 6.09 Å². The monoisotopic (exact) mass is 430 g/mol. The van der Waals surface area contributed by atoms with Gasteiger partial charge in [-0.15, -0.1) is 0 Å². The molecule has 1 fully saturated rings. The van der Waals surface area contributed by atoms with Crippen LogP contribution in [0, 0.1) is 11.7 Å². The van der Waals surface area contributed by atoms with Gasteiger partial charge in [0.25, 0.3) is 5.91 Å². The first-order valence-corrected chi connectivity index (χ1v) is 10.1. The number of anilines is 3. The number of nitrogens with zero attached hydrogens (tertiary/aromatic N) is 2. The highest BCUT2D eigenvalue weighted by molar-refractivity contribution is 5.98. The standard InChI is InChI=1S/C21H27FN6O3/c1-10(2)17(11(3)25-21(30)31)27-20-16(22)7-15(18(23)29)19(28-20)26-14-6-13(8-24-9-14)12-4-5-12/h6-12,17,25H,4-5H2,1-3H3,(H2,23,29)(H,30,31)(H2,26,27,28)/t11-,17+/m0/s1. The van der Waals surface area contributed by atoms with E-state index in [-0.39, 0.29) is 23.1 Å². The lowest BCUT2D eigenvalue weighted by molar-refractivity contribution is 0.1000. The number of carbonyl (C=O) groups excluding carboxylic acids is 1. The Morgan fingerprint density at radius 3 is 2.48 bits per heavy atom. The summed E-state index contributed by atoms with van der Waals surface area (Å²) in [5.74, 6) is -1.18. The number of aromatic nitrogens is 2. The summed E-state index contributed by atoms with van der Waals surface area (Å²) in [5, 5.41) is 17.4. The number of nitrogens with one attached hydrogen (secondary N) is 3. The van der Waals surface area contributed by atoms with Crippen LogP contribution in [0.2, 0.25) is 0 Å². The van der Waals surface area contributed by atoms with Crippen LogP contribution in [0.1, 0.15) is 55.5 Å². The largest absolute Gasteiger partial charge is 0.465 e. The van der Waals surface area contributed by atoms with Crippen molar-refractivity contribution in [1.82, 2.24) is 15.3 Å². The summed E-state index contributed by atoms with van der Waals surface area (Å²) in [7, 11) is 0.